The zero-order chi connectivity index (χ0) is 4.12. The molecule has 0 aromatic carbocycles. The normalized spacial score (nSPS) is 15.6. The van der Waals surface area contributed by atoms with Crippen LogP contribution in [0.3, 0.4) is 0 Å². The third-order valence-electron chi connectivity index (χ3n) is 0.204. The molecule has 0 saturated carbocycles. The van der Waals surface area contributed by atoms with Crippen LogP contribution in [0.5, 0.6) is 0 Å². The van der Waals surface area contributed by atoms with E-state index in [4.69, 9.17) is 3.25 Å². The van der Waals surface area contributed by atoms with E-state index in [0.29, 0.717) is 0 Å². The molecule has 0 aromatic rings. The molecule has 35 valence electrons. The van der Waals surface area contributed by atoms with Gasteiger partial charge in [-0.15, -0.1) is 0 Å². The average Bonchev–Trinajstić information content (AvgIpc) is 2.19. The molecule has 3 heteroatoms. The second-order valence-corrected chi connectivity index (χ2v) is 0.612. The molecular weight excluding hydrogens is 164 g/mol. The van der Waals surface area contributed by atoms with E-state index in [1.54, 1.807) is 21.0 Å². The van der Waals surface area contributed by atoms with Crippen molar-refractivity contribution in [3.63, 3.8) is 0 Å². The van der Waals surface area contributed by atoms with Crippen molar-refractivity contribution in [1.29, 1.82) is 0 Å². The summed E-state index contributed by atoms with van der Waals surface area (Å²) in [6, 6.07) is 0. The Bertz CT molecular complexity index is 18.9. The summed E-state index contributed by atoms with van der Waals surface area (Å²) in [5.74, 6) is 0. The van der Waals surface area contributed by atoms with Crippen molar-refractivity contribution in [1.82, 2.24) is 0 Å². The van der Waals surface area contributed by atoms with Crippen molar-refractivity contribution >= 4 is 0 Å². The van der Waals surface area contributed by atoms with Gasteiger partial charge in [0.2, 0.25) is 0 Å². The summed E-state index contributed by atoms with van der Waals surface area (Å²) in [4.78, 5) is 0. The zero-order valence-corrected chi connectivity index (χ0v) is 4.01. The van der Waals surface area contributed by atoms with Gasteiger partial charge in [0.05, 0.1) is 13.2 Å². The SMILES string of the molecule is C1CO1.[O]=[Ag]. The second kappa shape index (κ2) is 4.50. The molecule has 0 aromatic heterocycles. The maximum absolute atomic E-state index is 8.06. The summed E-state index contributed by atoms with van der Waals surface area (Å²) >= 11 is 1.70. The molecule has 0 bridgehead atoms. The van der Waals surface area contributed by atoms with Crippen LogP contribution < -0.4 is 0 Å². The van der Waals surface area contributed by atoms with E-state index in [9.17, 15) is 0 Å². The molecule has 0 amide bonds. The third-order valence-corrected chi connectivity index (χ3v) is 0.204. The summed E-state index contributed by atoms with van der Waals surface area (Å²) in [7, 11) is 0. The van der Waals surface area contributed by atoms with E-state index in [2.05, 4.69) is 4.74 Å². The van der Waals surface area contributed by atoms with Crippen LogP contribution in [-0.2, 0) is 29.0 Å². The van der Waals surface area contributed by atoms with Crippen LogP contribution in [-0.4, -0.2) is 13.2 Å². The molecule has 0 unspecified atom stereocenters. The Labute approximate surface area is 42.8 Å². The zero-order valence-electron chi connectivity index (χ0n) is 2.53. The fraction of sp³-hybridized carbons (Fsp3) is 1.00. The minimum absolute atomic E-state index is 1.00. The molecule has 1 fully saturated rings. The van der Waals surface area contributed by atoms with Gasteiger partial charge >= 0.3 is 24.3 Å². The average molecular weight is 168 g/mol. The molecule has 0 spiro atoms. The van der Waals surface area contributed by atoms with E-state index in [1.165, 1.54) is 0 Å². The van der Waals surface area contributed by atoms with Gasteiger partial charge < -0.3 is 4.74 Å². The number of rotatable bonds is 0. The molecule has 1 heterocycles. The number of hydrogen-bond acceptors (Lipinski definition) is 2. The van der Waals surface area contributed by atoms with Crippen molar-refractivity contribution in [2.75, 3.05) is 13.2 Å². The summed E-state index contributed by atoms with van der Waals surface area (Å²) in [5.41, 5.74) is 0. The van der Waals surface area contributed by atoms with Gasteiger partial charge in [-0.25, -0.2) is 0 Å². The monoisotopic (exact) mass is 167 g/mol. The van der Waals surface area contributed by atoms with Crippen molar-refractivity contribution in [2.45, 2.75) is 0 Å². The van der Waals surface area contributed by atoms with Gasteiger partial charge in [0.25, 0.3) is 0 Å². The standard InChI is InChI=1S/C2H4O.Ag.O/c1-2-3-1;;/h1-2H2;;. The fourth-order valence-corrected chi connectivity index (χ4v) is 0. The summed E-state index contributed by atoms with van der Waals surface area (Å²) in [6.07, 6.45) is 0. The second-order valence-electron chi connectivity index (χ2n) is 0.612. The summed E-state index contributed by atoms with van der Waals surface area (Å²) in [6.45, 7) is 2.00. The molecule has 2 nitrogen and oxygen atoms in total. The van der Waals surface area contributed by atoms with Crippen molar-refractivity contribution in [3.8, 4) is 0 Å². The first-order valence-electron chi connectivity index (χ1n) is 1.20. The molecule has 0 N–H and O–H groups in total. The van der Waals surface area contributed by atoms with Gasteiger partial charge in [0.15, 0.2) is 0 Å². The molecular formula is C2H4AgO2. The van der Waals surface area contributed by atoms with Crippen molar-refractivity contribution < 1.29 is 29.0 Å². The molecule has 0 atom stereocenters. The van der Waals surface area contributed by atoms with Crippen LogP contribution in [0, 0.1) is 0 Å². The van der Waals surface area contributed by atoms with E-state index >= 15 is 0 Å². The number of ether oxygens (including phenoxy) is 1. The Morgan fingerprint density at radius 1 is 1.40 bits per heavy atom. The number of epoxide rings is 1. The molecule has 0 aliphatic carbocycles. The predicted molar refractivity (Wildman–Crippen MR) is 11.5 cm³/mol. The Morgan fingerprint density at radius 3 is 1.60 bits per heavy atom. The quantitative estimate of drug-likeness (QED) is 0.373. The van der Waals surface area contributed by atoms with Crippen LogP contribution in [0.2, 0.25) is 0 Å². The molecule has 1 rings (SSSR count). The van der Waals surface area contributed by atoms with Gasteiger partial charge in [0, 0.05) is 0 Å². The van der Waals surface area contributed by atoms with E-state index in [-0.39, 0.29) is 0 Å². The van der Waals surface area contributed by atoms with Gasteiger partial charge in [0.1, 0.15) is 0 Å². The van der Waals surface area contributed by atoms with Gasteiger partial charge in [-0.3, -0.25) is 0 Å². The minimum atomic E-state index is 1.00. The first-order valence-corrected chi connectivity index (χ1v) is 1.81. The van der Waals surface area contributed by atoms with Crippen LogP contribution >= 0.6 is 0 Å². The molecule has 1 saturated heterocycles. The summed E-state index contributed by atoms with van der Waals surface area (Å²) in [5, 5.41) is 0. The topological polar surface area (TPSA) is 29.6 Å². The Balaban J connectivity index is 0.0000000733. The van der Waals surface area contributed by atoms with Crippen LogP contribution in [0.1, 0.15) is 0 Å². The van der Waals surface area contributed by atoms with Crippen LogP contribution in [0.4, 0.5) is 0 Å². The van der Waals surface area contributed by atoms with Crippen molar-refractivity contribution in [2.24, 2.45) is 0 Å². The van der Waals surface area contributed by atoms with E-state index in [1.807, 2.05) is 0 Å². The Hall–Kier alpha value is 0.500. The first-order chi connectivity index (χ1) is 2.50. The van der Waals surface area contributed by atoms with Crippen molar-refractivity contribution in [3.05, 3.63) is 0 Å². The predicted octanol–water partition coefficient (Wildman–Crippen LogP) is -0.105. The summed E-state index contributed by atoms with van der Waals surface area (Å²) < 4.78 is 12.6. The van der Waals surface area contributed by atoms with E-state index < -0.39 is 0 Å². The van der Waals surface area contributed by atoms with E-state index in [0.717, 1.165) is 13.2 Å². The number of hydrogen-bond donors (Lipinski definition) is 0. The Morgan fingerprint density at radius 2 is 1.60 bits per heavy atom. The van der Waals surface area contributed by atoms with Crippen LogP contribution in [0.25, 0.3) is 0 Å². The molecule has 0 radical (unpaired) electrons. The van der Waals surface area contributed by atoms with Gasteiger partial charge in [-0.05, 0) is 0 Å². The van der Waals surface area contributed by atoms with Gasteiger partial charge in [-0.1, -0.05) is 0 Å². The Kier molecular flexibility index (Phi) is 4.95. The molecule has 1 aliphatic heterocycles. The van der Waals surface area contributed by atoms with Gasteiger partial charge in [-0.2, -0.15) is 0 Å². The maximum atomic E-state index is 8.06. The van der Waals surface area contributed by atoms with Crippen LogP contribution in [0.15, 0.2) is 0 Å². The third kappa shape index (κ3) is 12.5. The first kappa shape index (κ1) is 5.50. The molecule has 1 aliphatic rings. The fourth-order valence-electron chi connectivity index (χ4n) is 0. The molecule has 5 heavy (non-hydrogen) atoms.